The van der Waals surface area contributed by atoms with E-state index in [1.54, 1.807) is 43.3 Å². The molecule has 0 atom stereocenters. The molecule has 150 valence electrons. The molecule has 1 aliphatic heterocycles. The molecule has 1 aliphatic rings. The van der Waals surface area contributed by atoms with Gasteiger partial charge < -0.3 is 10.6 Å². The number of allylic oxidation sites excluding steroid dienone is 1. The molecule has 1 amide bonds. The molecule has 2 N–H and O–H groups in total. The number of carbonyl (C=O) groups excluding carboxylic acids is 1. The van der Waals surface area contributed by atoms with Gasteiger partial charge in [-0.1, -0.05) is 0 Å². The molecule has 4 heterocycles. The minimum atomic E-state index is -0.768. The molecule has 0 unspecified atom stereocenters. The Morgan fingerprint density at radius 2 is 2.07 bits per heavy atom. The monoisotopic (exact) mass is 399 g/mol. The number of nitriles is 1. The molecule has 0 radical (unpaired) electrons. The molecule has 8 heteroatoms. The highest BCUT2D eigenvalue weighted by Crippen LogP contribution is 2.35. The van der Waals surface area contributed by atoms with E-state index in [1.165, 1.54) is 0 Å². The molecule has 0 aliphatic carbocycles. The van der Waals surface area contributed by atoms with Crippen molar-refractivity contribution in [1.29, 1.82) is 5.26 Å². The number of aromatic nitrogens is 4. The zero-order chi connectivity index (χ0) is 21.5. The summed E-state index contributed by atoms with van der Waals surface area (Å²) in [7, 11) is 0. The van der Waals surface area contributed by atoms with Crippen molar-refractivity contribution in [2.45, 2.75) is 33.2 Å². The zero-order valence-corrected chi connectivity index (χ0v) is 17.2. The number of pyridine rings is 2. The number of amides is 1. The van der Waals surface area contributed by atoms with Gasteiger partial charge in [-0.15, -0.1) is 0 Å². The summed E-state index contributed by atoms with van der Waals surface area (Å²) in [6.07, 6.45) is 6.88. The maximum Gasteiger partial charge on any atom is 0.259 e. The lowest BCUT2D eigenvalue weighted by molar-refractivity contribution is -0.110. The first-order valence-electron chi connectivity index (χ1n) is 9.48. The van der Waals surface area contributed by atoms with Crippen LogP contribution in [0.5, 0.6) is 0 Å². The van der Waals surface area contributed by atoms with Crippen molar-refractivity contribution >= 4 is 22.9 Å². The number of hydrogen-bond donors (Lipinski definition) is 2. The van der Waals surface area contributed by atoms with Crippen LogP contribution < -0.4 is 10.6 Å². The number of hydrogen-bond acceptors (Lipinski definition) is 6. The summed E-state index contributed by atoms with van der Waals surface area (Å²) < 4.78 is 1.58. The molecular formula is C22H21N7O. The van der Waals surface area contributed by atoms with Gasteiger partial charge in [0.2, 0.25) is 0 Å². The number of aryl methyl sites for hydroxylation is 1. The van der Waals surface area contributed by atoms with Crippen molar-refractivity contribution in [3.8, 4) is 17.3 Å². The predicted octanol–water partition coefficient (Wildman–Crippen LogP) is 3.70. The van der Waals surface area contributed by atoms with Gasteiger partial charge in [0.25, 0.3) is 5.91 Å². The first-order valence-corrected chi connectivity index (χ1v) is 9.48. The van der Waals surface area contributed by atoms with E-state index in [-0.39, 0.29) is 5.91 Å². The third-order valence-electron chi connectivity index (χ3n) is 5.06. The number of carbonyl (C=O) groups is 1. The summed E-state index contributed by atoms with van der Waals surface area (Å²) in [6, 6.07) is 7.87. The van der Waals surface area contributed by atoms with Crippen LogP contribution in [-0.4, -0.2) is 25.7 Å². The van der Waals surface area contributed by atoms with Gasteiger partial charge in [0.1, 0.15) is 11.2 Å². The summed E-state index contributed by atoms with van der Waals surface area (Å²) in [6.45, 7) is 7.38. The summed E-state index contributed by atoms with van der Waals surface area (Å²) in [4.78, 5) is 21.6. The lowest BCUT2D eigenvalue weighted by atomic mass is 10.1. The highest BCUT2D eigenvalue weighted by molar-refractivity contribution is 6.31. The molecule has 0 saturated heterocycles. The Labute approximate surface area is 174 Å². The first-order chi connectivity index (χ1) is 14.3. The van der Waals surface area contributed by atoms with Gasteiger partial charge in [-0.2, -0.15) is 10.4 Å². The van der Waals surface area contributed by atoms with E-state index in [4.69, 9.17) is 4.98 Å². The molecule has 0 saturated carbocycles. The van der Waals surface area contributed by atoms with Crippen molar-refractivity contribution in [2.24, 2.45) is 0 Å². The van der Waals surface area contributed by atoms with Gasteiger partial charge >= 0.3 is 0 Å². The quantitative estimate of drug-likeness (QED) is 0.648. The molecule has 3 aromatic rings. The van der Waals surface area contributed by atoms with Gasteiger partial charge in [-0.25, -0.2) is 4.98 Å². The predicted molar refractivity (Wildman–Crippen MR) is 114 cm³/mol. The molecule has 3 aromatic heterocycles. The van der Waals surface area contributed by atoms with E-state index in [2.05, 4.69) is 26.8 Å². The number of rotatable bonds is 4. The van der Waals surface area contributed by atoms with Crippen LogP contribution in [0.4, 0.5) is 11.4 Å². The molecule has 8 nitrogen and oxygen atoms in total. The molecular weight excluding hydrogens is 378 g/mol. The van der Waals surface area contributed by atoms with Crippen molar-refractivity contribution in [3.05, 3.63) is 59.9 Å². The Morgan fingerprint density at radius 1 is 1.27 bits per heavy atom. The van der Waals surface area contributed by atoms with Gasteiger partial charge in [0.15, 0.2) is 0 Å². The maximum atomic E-state index is 12.7. The van der Waals surface area contributed by atoms with Crippen LogP contribution >= 0.6 is 0 Å². The molecule has 4 rings (SSSR count). The fraction of sp³-hybridized carbons (Fsp3) is 0.227. The Hall–Kier alpha value is -3.99. The Balaban J connectivity index is 1.71. The molecule has 0 aromatic carbocycles. The van der Waals surface area contributed by atoms with Crippen LogP contribution in [0.1, 0.15) is 32.0 Å². The van der Waals surface area contributed by atoms with Crippen LogP contribution in [0.25, 0.3) is 16.8 Å². The second kappa shape index (κ2) is 7.12. The highest BCUT2D eigenvalue weighted by atomic mass is 16.2. The van der Waals surface area contributed by atoms with Gasteiger partial charge in [0, 0.05) is 23.7 Å². The van der Waals surface area contributed by atoms with Crippen LogP contribution in [-0.2, 0) is 10.3 Å². The van der Waals surface area contributed by atoms with Crippen molar-refractivity contribution in [2.75, 3.05) is 10.6 Å². The fourth-order valence-corrected chi connectivity index (χ4v) is 3.30. The zero-order valence-electron chi connectivity index (χ0n) is 17.2. The van der Waals surface area contributed by atoms with Crippen LogP contribution in [0, 0.1) is 18.3 Å². The average molecular weight is 399 g/mol. The van der Waals surface area contributed by atoms with Gasteiger partial charge in [-0.3, -0.25) is 14.5 Å². The van der Waals surface area contributed by atoms with E-state index in [1.807, 2.05) is 32.0 Å². The maximum absolute atomic E-state index is 12.7. The Morgan fingerprint density at radius 3 is 2.80 bits per heavy atom. The van der Waals surface area contributed by atoms with E-state index < -0.39 is 5.54 Å². The third-order valence-corrected chi connectivity index (χ3v) is 5.06. The van der Waals surface area contributed by atoms with E-state index in [9.17, 15) is 10.1 Å². The average Bonchev–Trinajstić information content (AvgIpc) is 3.31. The van der Waals surface area contributed by atoms with Crippen LogP contribution in [0.15, 0.2) is 48.7 Å². The van der Waals surface area contributed by atoms with Crippen molar-refractivity contribution in [3.63, 3.8) is 0 Å². The van der Waals surface area contributed by atoms with E-state index in [0.717, 1.165) is 16.8 Å². The van der Waals surface area contributed by atoms with Gasteiger partial charge in [0.05, 0.1) is 41.1 Å². The molecule has 0 spiro atoms. The topological polar surface area (TPSA) is 109 Å². The molecule has 0 fully saturated rings. The molecule has 30 heavy (non-hydrogen) atoms. The fourth-order valence-electron chi connectivity index (χ4n) is 3.30. The largest absolute Gasteiger partial charge is 0.356 e. The number of nitrogens with zero attached hydrogens (tertiary/aromatic N) is 5. The Kier molecular flexibility index (Phi) is 4.59. The smallest absolute Gasteiger partial charge is 0.259 e. The van der Waals surface area contributed by atoms with E-state index >= 15 is 0 Å². The Bertz CT molecular complexity index is 1230. The van der Waals surface area contributed by atoms with E-state index in [0.29, 0.717) is 28.3 Å². The summed E-state index contributed by atoms with van der Waals surface area (Å²) in [5.74, 6) is -0.215. The van der Waals surface area contributed by atoms with Crippen LogP contribution in [0.3, 0.4) is 0 Å². The number of anilines is 2. The highest BCUT2D eigenvalue weighted by Gasteiger charge is 2.29. The third kappa shape index (κ3) is 3.31. The van der Waals surface area contributed by atoms with Crippen molar-refractivity contribution in [1.82, 2.24) is 19.7 Å². The second-order valence-electron chi connectivity index (χ2n) is 7.71. The van der Waals surface area contributed by atoms with Crippen LogP contribution in [0.2, 0.25) is 0 Å². The summed E-state index contributed by atoms with van der Waals surface area (Å²) in [5.41, 5.74) is 5.03. The first kappa shape index (κ1) is 19.3. The lowest BCUT2D eigenvalue weighted by Crippen LogP contribution is -2.24. The van der Waals surface area contributed by atoms with Gasteiger partial charge in [-0.05, 0) is 51.5 Å². The summed E-state index contributed by atoms with van der Waals surface area (Å²) in [5, 5.41) is 19.6. The lowest BCUT2D eigenvalue weighted by Gasteiger charge is -2.15. The van der Waals surface area contributed by atoms with Crippen molar-refractivity contribution < 1.29 is 4.79 Å². The summed E-state index contributed by atoms with van der Waals surface area (Å²) >= 11 is 0. The normalized spacial score (nSPS) is 14.7. The SMILES string of the molecule is C/C(Nc1cnn(C(C)(C)C#N)c1)=C1/C(=O)Nc2ccc(-c3cnccc3C)nc21. The minimum absolute atomic E-state index is 0.215. The standard InChI is InChI=1S/C22H21N7O/c1-13-7-8-24-10-16(13)17-5-6-18-20(27-17)19(21(30)28-18)14(2)26-15-9-25-29(11-15)22(3,4)12-23/h5-11,26H,1-4H3,(H,28,30)/b19-14-. The minimum Gasteiger partial charge on any atom is -0.356 e. The molecule has 0 bridgehead atoms. The number of nitrogens with one attached hydrogen (secondary N) is 2. The number of fused-ring (bicyclic) bond motifs is 1. The second-order valence-corrected chi connectivity index (χ2v) is 7.71.